The lowest BCUT2D eigenvalue weighted by Crippen LogP contribution is -2.57. The third-order valence-corrected chi connectivity index (χ3v) is 5.49. The van der Waals surface area contributed by atoms with E-state index in [9.17, 15) is 19.2 Å². The Morgan fingerprint density at radius 2 is 1.79 bits per heavy atom. The third-order valence-electron chi connectivity index (χ3n) is 4.73. The van der Waals surface area contributed by atoms with E-state index in [1.165, 1.54) is 4.90 Å². The molecule has 0 aromatic rings. The number of carboxylic acids is 1. The number of nitrogens with one attached hydrogen (secondary N) is 2. The van der Waals surface area contributed by atoms with Gasteiger partial charge < -0.3 is 32.1 Å². The van der Waals surface area contributed by atoms with E-state index in [-0.39, 0.29) is 17.4 Å². The first kappa shape index (κ1) is 25.5. The van der Waals surface area contributed by atoms with Crippen molar-refractivity contribution in [2.45, 2.75) is 56.3 Å². The van der Waals surface area contributed by atoms with Gasteiger partial charge >= 0.3 is 5.97 Å². The normalized spacial score (nSPS) is 19.3. The molecule has 7 N–H and O–H groups in total. The molecule has 1 fully saturated rings. The van der Waals surface area contributed by atoms with Gasteiger partial charge in [-0.15, -0.1) is 0 Å². The smallest absolute Gasteiger partial charge is 0.327 e. The second-order valence-electron chi connectivity index (χ2n) is 6.91. The van der Waals surface area contributed by atoms with Gasteiger partial charge in [0.25, 0.3) is 0 Å². The summed E-state index contributed by atoms with van der Waals surface area (Å²) < 4.78 is 0. The quantitative estimate of drug-likeness (QED) is 0.138. The van der Waals surface area contributed by atoms with Gasteiger partial charge in [-0.2, -0.15) is 25.3 Å². The molecule has 0 aromatic heterocycles. The molecule has 0 spiro atoms. The highest BCUT2D eigenvalue weighted by molar-refractivity contribution is 7.80. The van der Waals surface area contributed by atoms with E-state index < -0.39 is 42.0 Å². The maximum atomic E-state index is 12.8. The van der Waals surface area contributed by atoms with Crippen LogP contribution in [0.5, 0.6) is 0 Å². The van der Waals surface area contributed by atoms with Crippen molar-refractivity contribution in [3.05, 3.63) is 0 Å². The molecule has 1 aliphatic heterocycles. The average Bonchev–Trinajstić information content (AvgIpc) is 3.19. The number of nitrogens with zero attached hydrogens (tertiary/aromatic N) is 1. The van der Waals surface area contributed by atoms with Crippen LogP contribution in [0.3, 0.4) is 0 Å². The lowest BCUT2D eigenvalue weighted by atomic mass is 10.1. The molecule has 1 heterocycles. The van der Waals surface area contributed by atoms with Crippen LogP contribution < -0.4 is 22.1 Å². The van der Waals surface area contributed by atoms with Crippen LogP contribution >= 0.6 is 25.3 Å². The summed E-state index contributed by atoms with van der Waals surface area (Å²) in [6.45, 7) is 0.840. The van der Waals surface area contributed by atoms with Gasteiger partial charge in [0.2, 0.25) is 17.7 Å². The van der Waals surface area contributed by atoms with Crippen LogP contribution in [0.25, 0.3) is 0 Å². The predicted octanol–water partition coefficient (Wildman–Crippen LogP) is -1.65. The van der Waals surface area contributed by atoms with Gasteiger partial charge in [-0.3, -0.25) is 14.4 Å². The van der Waals surface area contributed by atoms with Crippen molar-refractivity contribution >= 4 is 48.9 Å². The van der Waals surface area contributed by atoms with Gasteiger partial charge in [0.05, 0.1) is 6.04 Å². The highest BCUT2D eigenvalue weighted by Gasteiger charge is 2.37. The number of carbonyl (C=O) groups is 4. The summed E-state index contributed by atoms with van der Waals surface area (Å²) in [5.74, 6) is -2.57. The van der Waals surface area contributed by atoms with Gasteiger partial charge in [-0.1, -0.05) is 0 Å². The van der Waals surface area contributed by atoms with Crippen molar-refractivity contribution < 1.29 is 24.3 Å². The van der Waals surface area contributed by atoms with E-state index in [1.807, 2.05) is 0 Å². The molecule has 12 heteroatoms. The molecule has 0 bridgehead atoms. The number of carbonyl (C=O) groups excluding carboxylic acids is 3. The van der Waals surface area contributed by atoms with Crippen LogP contribution in [0.2, 0.25) is 0 Å². The highest BCUT2D eigenvalue weighted by Crippen LogP contribution is 2.19. The standard InChI is InChI=1S/C17H31N5O5S2/c18-6-2-1-4-11(14(23)21-12(9-29)17(26)27)20-15(24)13-5-3-7-22(13)16(25)10(19)8-28/h10-13,28-29H,1-9,18-19H2,(H,20,24)(H,21,23)(H,26,27). The van der Waals surface area contributed by atoms with E-state index in [0.717, 1.165) is 0 Å². The monoisotopic (exact) mass is 449 g/mol. The maximum absolute atomic E-state index is 12.8. The molecule has 0 aromatic carbocycles. The molecule has 4 atom stereocenters. The van der Waals surface area contributed by atoms with Crippen LogP contribution in [0.15, 0.2) is 0 Å². The lowest BCUT2D eigenvalue weighted by Gasteiger charge is -2.28. The molecule has 29 heavy (non-hydrogen) atoms. The molecule has 1 rings (SSSR count). The summed E-state index contributed by atoms with van der Waals surface area (Å²) >= 11 is 7.95. The molecule has 0 aliphatic carbocycles. The van der Waals surface area contributed by atoms with Crippen molar-refractivity contribution in [2.75, 3.05) is 24.6 Å². The number of rotatable bonds is 12. The summed E-state index contributed by atoms with van der Waals surface area (Å²) in [7, 11) is 0. The molecular formula is C17H31N5O5S2. The second-order valence-corrected chi connectivity index (χ2v) is 7.64. The lowest BCUT2D eigenvalue weighted by molar-refractivity contribution is -0.142. The van der Waals surface area contributed by atoms with Crippen molar-refractivity contribution in [1.82, 2.24) is 15.5 Å². The maximum Gasteiger partial charge on any atom is 0.327 e. The fraction of sp³-hybridized carbons (Fsp3) is 0.765. The molecule has 3 amide bonds. The Hall–Kier alpha value is -1.50. The molecule has 1 saturated heterocycles. The van der Waals surface area contributed by atoms with Crippen LogP contribution in [0.4, 0.5) is 0 Å². The second kappa shape index (κ2) is 12.9. The number of carboxylic acid groups (broad SMARTS) is 1. The highest BCUT2D eigenvalue weighted by atomic mass is 32.1. The number of unbranched alkanes of at least 4 members (excludes halogenated alkanes) is 1. The topological polar surface area (TPSA) is 168 Å². The van der Waals surface area contributed by atoms with Gasteiger partial charge in [0.15, 0.2) is 0 Å². The summed E-state index contributed by atoms with van der Waals surface area (Å²) in [6, 6.07) is -3.63. The third kappa shape index (κ3) is 7.68. The number of hydrogen-bond donors (Lipinski definition) is 7. The molecule has 0 radical (unpaired) electrons. The first-order valence-corrected chi connectivity index (χ1v) is 10.8. The molecule has 0 saturated carbocycles. The van der Waals surface area contributed by atoms with Crippen LogP contribution in [0.1, 0.15) is 32.1 Å². The van der Waals surface area contributed by atoms with Crippen LogP contribution in [0, 0.1) is 0 Å². The Labute approximate surface area is 181 Å². The first-order valence-electron chi connectivity index (χ1n) is 9.58. The summed E-state index contributed by atoms with van der Waals surface area (Å²) in [5.41, 5.74) is 11.2. The fourth-order valence-corrected chi connectivity index (χ4v) is 3.49. The average molecular weight is 450 g/mol. The van der Waals surface area contributed by atoms with E-state index >= 15 is 0 Å². The van der Waals surface area contributed by atoms with Gasteiger partial charge in [0.1, 0.15) is 18.1 Å². The number of thiol groups is 2. The number of amides is 3. The summed E-state index contributed by atoms with van der Waals surface area (Å²) in [4.78, 5) is 50.3. The molecular weight excluding hydrogens is 418 g/mol. The number of hydrogen-bond acceptors (Lipinski definition) is 8. The van der Waals surface area contributed by atoms with Gasteiger partial charge in [-0.05, 0) is 38.6 Å². The zero-order valence-corrected chi connectivity index (χ0v) is 18.0. The van der Waals surface area contributed by atoms with Crippen LogP contribution in [-0.4, -0.2) is 82.5 Å². The Bertz CT molecular complexity index is 595. The number of aliphatic carboxylic acids is 1. The van der Waals surface area contributed by atoms with Gasteiger partial charge in [-0.25, -0.2) is 4.79 Å². The Balaban J connectivity index is 2.85. The molecule has 166 valence electrons. The summed E-state index contributed by atoms with van der Waals surface area (Å²) in [5, 5.41) is 14.2. The summed E-state index contributed by atoms with van der Waals surface area (Å²) in [6.07, 6.45) is 2.63. The zero-order valence-electron chi connectivity index (χ0n) is 16.2. The largest absolute Gasteiger partial charge is 0.480 e. The Morgan fingerprint density at radius 3 is 2.34 bits per heavy atom. The van der Waals surface area contributed by atoms with Crippen molar-refractivity contribution in [3.63, 3.8) is 0 Å². The van der Waals surface area contributed by atoms with Crippen molar-refractivity contribution in [3.8, 4) is 0 Å². The van der Waals surface area contributed by atoms with E-state index in [4.69, 9.17) is 16.6 Å². The minimum atomic E-state index is -1.21. The minimum absolute atomic E-state index is 0.0862. The Kier molecular flexibility index (Phi) is 11.4. The zero-order chi connectivity index (χ0) is 22.0. The first-order chi connectivity index (χ1) is 13.8. The molecule has 1 aliphatic rings. The Morgan fingerprint density at radius 1 is 1.10 bits per heavy atom. The predicted molar refractivity (Wildman–Crippen MR) is 115 cm³/mol. The molecule has 10 nitrogen and oxygen atoms in total. The van der Waals surface area contributed by atoms with Crippen molar-refractivity contribution in [1.29, 1.82) is 0 Å². The molecule has 4 unspecified atom stereocenters. The van der Waals surface area contributed by atoms with E-state index in [1.54, 1.807) is 0 Å². The van der Waals surface area contributed by atoms with E-state index in [0.29, 0.717) is 45.2 Å². The minimum Gasteiger partial charge on any atom is -0.480 e. The van der Waals surface area contributed by atoms with E-state index in [2.05, 4.69) is 35.9 Å². The van der Waals surface area contributed by atoms with Crippen LogP contribution in [-0.2, 0) is 19.2 Å². The van der Waals surface area contributed by atoms with Gasteiger partial charge in [0, 0.05) is 18.1 Å². The number of likely N-dealkylation sites (tertiary alicyclic amines) is 1. The number of nitrogens with two attached hydrogens (primary N) is 2. The SMILES string of the molecule is NCCCCC(NC(=O)C1CCCN1C(=O)C(N)CS)C(=O)NC(CS)C(=O)O. The fourth-order valence-electron chi connectivity index (χ4n) is 3.08. The van der Waals surface area contributed by atoms with Crippen molar-refractivity contribution in [2.24, 2.45) is 11.5 Å².